The van der Waals surface area contributed by atoms with Crippen LogP contribution in [0.3, 0.4) is 0 Å². The number of nitrogens with zero attached hydrogens (tertiary/aromatic N) is 5. The van der Waals surface area contributed by atoms with Gasteiger partial charge in [0.25, 0.3) is 11.8 Å². The second-order valence-electron chi connectivity index (χ2n) is 8.16. The molecule has 1 fully saturated rings. The molecule has 2 amide bonds. The Balaban J connectivity index is 0.00000387. The molecule has 1 aromatic carbocycles. The van der Waals surface area contributed by atoms with Crippen LogP contribution in [0.15, 0.2) is 44.3 Å². The number of carboxylic acids is 1. The van der Waals surface area contributed by atoms with Crippen LogP contribution in [0.4, 0.5) is 5.13 Å². The van der Waals surface area contributed by atoms with E-state index in [2.05, 4.69) is 25.7 Å². The number of oxime groups is 1. The number of anilines is 1. The fourth-order valence-electron chi connectivity index (χ4n) is 3.87. The summed E-state index contributed by atoms with van der Waals surface area (Å²) in [5.74, 6) is -2.90. The summed E-state index contributed by atoms with van der Waals surface area (Å²) in [6.45, 7) is 0. The second-order valence-corrected chi connectivity index (χ2v) is 12.4. The first-order valence-corrected chi connectivity index (χ1v) is 14.9. The van der Waals surface area contributed by atoms with Gasteiger partial charge in [-0.3, -0.25) is 14.5 Å². The number of β-lactam (4-membered cyclic amide) rings is 1. The number of carbonyl (C=O) groups excluding carboxylic acids is 3. The van der Waals surface area contributed by atoms with Gasteiger partial charge in [-0.1, -0.05) is 28.3 Å². The monoisotopic (exact) mass is 643 g/mol. The fraction of sp³-hybridized carbons (Fsp3) is 0.227. The summed E-state index contributed by atoms with van der Waals surface area (Å²) in [4.78, 5) is 47.8. The first kappa shape index (κ1) is 31.1. The van der Waals surface area contributed by atoms with Crippen LogP contribution in [-0.2, 0) is 19.2 Å². The summed E-state index contributed by atoms with van der Waals surface area (Å²) in [5.41, 5.74) is 6.43. The maximum Gasteiger partial charge on any atom is 1.00 e. The molecule has 0 spiro atoms. The summed E-state index contributed by atoms with van der Waals surface area (Å²) in [7, 11) is 1.26. The van der Waals surface area contributed by atoms with Crippen molar-refractivity contribution in [2.75, 3.05) is 24.3 Å². The number of benzene rings is 1. The zero-order valence-electron chi connectivity index (χ0n) is 21.3. The predicted octanol–water partition coefficient (Wildman–Crippen LogP) is -2.79. The Labute approximate surface area is 270 Å². The summed E-state index contributed by atoms with van der Waals surface area (Å²) < 4.78 is 0.535. The molecule has 1 saturated heterocycles. The van der Waals surface area contributed by atoms with Crippen molar-refractivity contribution in [1.29, 1.82) is 0 Å². The molecule has 2 aromatic heterocycles. The van der Waals surface area contributed by atoms with Gasteiger partial charge < -0.3 is 36.0 Å². The van der Waals surface area contributed by atoms with Gasteiger partial charge in [0.1, 0.15) is 29.2 Å². The molecule has 19 heteroatoms. The zero-order valence-corrected chi connectivity index (χ0v) is 26.5. The maximum atomic E-state index is 13.0. The van der Waals surface area contributed by atoms with E-state index >= 15 is 0 Å². The number of aromatic hydroxyl groups is 2. The van der Waals surface area contributed by atoms with Gasteiger partial charge in [0.15, 0.2) is 26.7 Å². The number of amides is 2. The van der Waals surface area contributed by atoms with Gasteiger partial charge >= 0.3 is 29.6 Å². The van der Waals surface area contributed by atoms with Gasteiger partial charge in [-0.15, -0.1) is 33.3 Å². The molecule has 2 aliphatic heterocycles. The maximum absolute atomic E-state index is 13.0. The van der Waals surface area contributed by atoms with E-state index in [0.29, 0.717) is 20.5 Å². The number of phenolic OH excluding ortho intramolecular Hbond substituents is 2. The van der Waals surface area contributed by atoms with Crippen LogP contribution in [0.25, 0.3) is 10.6 Å². The van der Waals surface area contributed by atoms with E-state index in [-0.39, 0.29) is 74.8 Å². The molecule has 0 unspecified atom stereocenters. The van der Waals surface area contributed by atoms with Gasteiger partial charge in [-0.25, -0.2) is 4.98 Å². The second kappa shape index (κ2) is 13.0. The molecule has 0 saturated carbocycles. The van der Waals surface area contributed by atoms with Crippen molar-refractivity contribution >= 4 is 74.8 Å². The van der Waals surface area contributed by atoms with Crippen molar-refractivity contribution in [1.82, 2.24) is 25.4 Å². The summed E-state index contributed by atoms with van der Waals surface area (Å²) in [5, 5.41) is 47.4. The molecular weight excluding hydrogens is 626 g/mol. The number of thioether (sulfide) groups is 2. The van der Waals surface area contributed by atoms with Crippen LogP contribution >= 0.6 is 46.2 Å². The number of phenols is 2. The number of aliphatic carboxylic acids is 1. The smallest absolute Gasteiger partial charge is 0.543 e. The summed E-state index contributed by atoms with van der Waals surface area (Å²) in [6, 6.07) is 3.29. The van der Waals surface area contributed by atoms with Crippen LogP contribution in [-0.4, -0.2) is 83.8 Å². The number of nitrogens with one attached hydrogen (secondary N) is 1. The van der Waals surface area contributed by atoms with E-state index < -0.39 is 29.2 Å². The Hall–Kier alpha value is -2.87. The van der Waals surface area contributed by atoms with Crippen LogP contribution in [0.1, 0.15) is 5.69 Å². The Bertz CT molecular complexity index is 1580. The van der Waals surface area contributed by atoms with Crippen molar-refractivity contribution in [2.24, 2.45) is 5.16 Å². The van der Waals surface area contributed by atoms with Gasteiger partial charge in [0, 0.05) is 22.4 Å². The standard InChI is InChI=1S/C22H19N7O7S4.Na/c1-36-28-13(10-7-38-21(23)24-10)16(32)25-14-18(33)29-15(20(34)35)9(5-37-19(14)29)6-39-22-27-26-17(40-22)8-2-3-11(30)12(31)4-8;/h2-4,7,14,19,30-31H,5-6H2,1H3,(H2,23,24)(H,25,32)(H,34,35);/q;+1/p-1/b28-13-;/t14-,19-;/m1./s1. The van der Waals surface area contributed by atoms with Crippen LogP contribution < -0.4 is 45.7 Å². The third kappa shape index (κ3) is 6.32. The number of carbonyl (C=O) groups is 3. The topological polar surface area (TPSA) is 216 Å². The number of nitrogen functional groups attached to an aromatic ring is 1. The summed E-state index contributed by atoms with van der Waals surface area (Å²) in [6.07, 6.45) is 0. The van der Waals surface area contributed by atoms with Crippen molar-refractivity contribution in [2.45, 2.75) is 15.8 Å². The van der Waals surface area contributed by atoms with E-state index in [9.17, 15) is 29.7 Å². The van der Waals surface area contributed by atoms with Crippen LogP contribution in [0.2, 0.25) is 0 Å². The molecule has 208 valence electrons. The number of aromatic nitrogens is 3. The SMILES string of the molecule is CO/N=C(\C(=O)N[C@@H]1C(=O)N2C(C(=O)[O-])=C(CSc3nnc(-c4ccc(O)c(O)c4)s3)CS[C@H]12)c1csc(N)n1.[Na+]. The molecule has 2 atom stereocenters. The van der Waals surface area contributed by atoms with Gasteiger partial charge in [-0.2, -0.15) is 0 Å². The molecule has 0 radical (unpaired) electrons. The van der Waals surface area contributed by atoms with Crippen molar-refractivity contribution in [3.05, 3.63) is 40.5 Å². The third-order valence-electron chi connectivity index (χ3n) is 5.69. The van der Waals surface area contributed by atoms with E-state index in [0.717, 1.165) is 16.2 Å². The Morgan fingerprint density at radius 3 is 2.76 bits per heavy atom. The number of nitrogens with two attached hydrogens (primary N) is 1. The minimum absolute atomic E-state index is 0. The number of hydrogen-bond acceptors (Lipinski definition) is 16. The largest absolute Gasteiger partial charge is 1.00 e. The predicted molar refractivity (Wildman–Crippen MR) is 147 cm³/mol. The number of carboxylic acid groups (broad SMARTS) is 1. The van der Waals surface area contributed by atoms with Gasteiger partial charge in [-0.05, 0) is 23.8 Å². The van der Waals surface area contributed by atoms with E-state index in [1.807, 2.05) is 0 Å². The van der Waals surface area contributed by atoms with Crippen molar-refractivity contribution in [3.8, 4) is 22.1 Å². The average molecular weight is 644 g/mol. The van der Waals surface area contributed by atoms with E-state index in [1.165, 1.54) is 59.5 Å². The molecule has 3 aromatic rings. The molecule has 41 heavy (non-hydrogen) atoms. The van der Waals surface area contributed by atoms with Crippen LogP contribution in [0.5, 0.6) is 11.5 Å². The quantitative estimate of drug-likeness (QED) is 0.0464. The molecule has 14 nitrogen and oxygen atoms in total. The molecule has 5 rings (SSSR count). The molecule has 2 aliphatic rings. The Morgan fingerprint density at radius 1 is 1.32 bits per heavy atom. The van der Waals surface area contributed by atoms with Gasteiger partial charge in [0.05, 0.1) is 11.7 Å². The van der Waals surface area contributed by atoms with E-state index in [1.54, 1.807) is 6.07 Å². The number of rotatable bonds is 9. The molecule has 0 aliphatic carbocycles. The third-order valence-corrected chi connectivity index (χ3v) is 9.89. The van der Waals surface area contributed by atoms with Crippen LogP contribution in [0, 0.1) is 0 Å². The Kier molecular flexibility index (Phi) is 9.83. The molecular formula is C22H18N7NaO7S4. The van der Waals surface area contributed by atoms with Crippen molar-refractivity contribution < 1.29 is 64.1 Å². The number of fused-ring (bicyclic) bond motifs is 1. The van der Waals surface area contributed by atoms with Crippen molar-refractivity contribution in [3.63, 3.8) is 0 Å². The number of thiazole rings is 1. The first-order valence-electron chi connectivity index (χ1n) is 11.2. The normalized spacial score (nSPS) is 18.3. The zero-order chi connectivity index (χ0) is 28.6. The molecule has 0 bridgehead atoms. The first-order chi connectivity index (χ1) is 19.2. The number of hydrogen-bond donors (Lipinski definition) is 4. The fourth-order valence-corrected chi connectivity index (χ4v) is 7.76. The minimum Gasteiger partial charge on any atom is -0.543 e. The molecule has 4 heterocycles. The minimum atomic E-state index is -1.50. The van der Waals surface area contributed by atoms with Gasteiger partial charge in [0.2, 0.25) is 0 Å². The van der Waals surface area contributed by atoms with E-state index in [4.69, 9.17) is 10.6 Å². The molecule has 5 N–H and O–H groups in total. The Morgan fingerprint density at radius 2 is 2.10 bits per heavy atom. The average Bonchev–Trinajstić information content (AvgIpc) is 3.59. The summed E-state index contributed by atoms with van der Waals surface area (Å²) >= 11 is 4.86.